The molecule has 1 aliphatic rings. The van der Waals surface area contributed by atoms with Crippen LogP contribution in [0.15, 0.2) is 36.9 Å². The van der Waals surface area contributed by atoms with Crippen molar-refractivity contribution in [2.45, 2.75) is 39.2 Å². The van der Waals surface area contributed by atoms with E-state index in [4.69, 9.17) is 4.98 Å². The predicted molar refractivity (Wildman–Crippen MR) is 99.9 cm³/mol. The minimum Gasteiger partial charge on any atom is -0.356 e. The number of anilines is 1. The van der Waals surface area contributed by atoms with Crippen LogP contribution in [-0.2, 0) is 6.54 Å². The standard InChI is InChI=1S/C19H23N7/c1-3-25-13-21-24-19(25)16-7-5-9-26(12-16)17-10-14(2)22-18(23-17)15-6-4-8-20-11-15/h4,6,8,10-11,13,16H,3,5,7,9,12H2,1-2H3. The van der Waals surface area contributed by atoms with E-state index in [-0.39, 0.29) is 0 Å². The van der Waals surface area contributed by atoms with Gasteiger partial charge in [0, 0.05) is 55.3 Å². The van der Waals surface area contributed by atoms with Crippen molar-refractivity contribution in [2.75, 3.05) is 18.0 Å². The lowest BCUT2D eigenvalue weighted by atomic mass is 9.97. The highest BCUT2D eigenvalue weighted by molar-refractivity contribution is 5.57. The Balaban J connectivity index is 1.62. The molecule has 26 heavy (non-hydrogen) atoms. The monoisotopic (exact) mass is 349 g/mol. The summed E-state index contributed by atoms with van der Waals surface area (Å²) in [5, 5.41) is 8.46. The summed E-state index contributed by atoms with van der Waals surface area (Å²) in [5.41, 5.74) is 1.91. The van der Waals surface area contributed by atoms with Crippen LogP contribution in [-0.4, -0.2) is 42.8 Å². The first-order chi connectivity index (χ1) is 12.7. The molecule has 7 heteroatoms. The largest absolute Gasteiger partial charge is 0.356 e. The first kappa shape index (κ1) is 16.6. The van der Waals surface area contributed by atoms with Gasteiger partial charge in [-0.15, -0.1) is 10.2 Å². The molecule has 1 fully saturated rings. The highest BCUT2D eigenvalue weighted by Gasteiger charge is 2.26. The van der Waals surface area contributed by atoms with E-state index in [1.54, 1.807) is 12.4 Å². The number of pyridine rings is 1. The second-order valence-corrected chi connectivity index (χ2v) is 6.69. The molecule has 1 atom stereocenters. The van der Waals surface area contributed by atoms with E-state index in [0.717, 1.165) is 61.2 Å². The van der Waals surface area contributed by atoms with Crippen molar-refractivity contribution in [1.82, 2.24) is 29.7 Å². The van der Waals surface area contributed by atoms with Crippen molar-refractivity contribution in [1.29, 1.82) is 0 Å². The molecular formula is C19H23N7. The molecule has 3 aromatic heterocycles. The number of hydrogen-bond acceptors (Lipinski definition) is 6. The summed E-state index contributed by atoms with van der Waals surface area (Å²) in [5.74, 6) is 3.16. The van der Waals surface area contributed by atoms with E-state index in [9.17, 15) is 0 Å². The number of hydrogen-bond donors (Lipinski definition) is 0. The molecule has 0 amide bonds. The predicted octanol–water partition coefficient (Wildman–Crippen LogP) is 2.84. The second kappa shape index (κ2) is 7.19. The quantitative estimate of drug-likeness (QED) is 0.721. The third-order valence-corrected chi connectivity index (χ3v) is 4.86. The maximum absolute atomic E-state index is 4.82. The van der Waals surface area contributed by atoms with Gasteiger partial charge in [-0.25, -0.2) is 9.97 Å². The van der Waals surface area contributed by atoms with E-state index < -0.39 is 0 Å². The zero-order valence-corrected chi connectivity index (χ0v) is 15.2. The zero-order valence-electron chi connectivity index (χ0n) is 15.2. The van der Waals surface area contributed by atoms with Gasteiger partial charge in [-0.05, 0) is 38.8 Å². The molecule has 0 aliphatic carbocycles. The maximum Gasteiger partial charge on any atom is 0.163 e. The van der Waals surface area contributed by atoms with Gasteiger partial charge in [0.15, 0.2) is 5.82 Å². The molecule has 0 aromatic carbocycles. The van der Waals surface area contributed by atoms with Crippen LogP contribution in [0.3, 0.4) is 0 Å². The Morgan fingerprint density at radius 2 is 2.19 bits per heavy atom. The SMILES string of the molecule is CCn1cnnc1C1CCCN(c2cc(C)nc(-c3cccnc3)n2)C1. The Hall–Kier alpha value is -2.83. The maximum atomic E-state index is 4.82. The highest BCUT2D eigenvalue weighted by Crippen LogP contribution is 2.29. The Kier molecular flexibility index (Phi) is 4.60. The number of rotatable bonds is 4. The van der Waals surface area contributed by atoms with E-state index in [1.165, 1.54) is 0 Å². The van der Waals surface area contributed by atoms with Crippen molar-refractivity contribution in [3.05, 3.63) is 48.4 Å². The zero-order chi connectivity index (χ0) is 17.9. The van der Waals surface area contributed by atoms with Crippen LogP contribution in [0.5, 0.6) is 0 Å². The minimum absolute atomic E-state index is 0.378. The van der Waals surface area contributed by atoms with Gasteiger partial charge in [-0.2, -0.15) is 0 Å². The number of nitrogens with zero attached hydrogens (tertiary/aromatic N) is 7. The van der Waals surface area contributed by atoms with Gasteiger partial charge in [0.25, 0.3) is 0 Å². The van der Waals surface area contributed by atoms with Crippen molar-refractivity contribution in [3.63, 3.8) is 0 Å². The van der Waals surface area contributed by atoms with Gasteiger partial charge in [-0.1, -0.05) is 0 Å². The van der Waals surface area contributed by atoms with Crippen molar-refractivity contribution < 1.29 is 0 Å². The smallest absolute Gasteiger partial charge is 0.163 e. The second-order valence-electron chi connectivity index (χ2n) is 6.69. The fourth-order valence-electron chi connectivity index (χ4n) is 3.56. The molecule has 0 N–H and O–H groups in total. The summed E-state index contributed by atoms with van der Waals surface area (Å²) in [7, 11) is 0. The molecule has 4 rings (SSSR count). The Morgan fingerprint density at radius 1 is 1.27 bits per heavy atom. The van der Waals surface area contributed by atoms with Crippen LogP contribution in [0.2, 0.25) is 0 Å². The molecule has 1 aliphatic heterocycles. The van der Waals surface area contributed by atoms with Crippen LogP contribution >= 0.6 is 0 Å². The molecule has 3 aromatic rings. The fourth-order valence-corrected chi connectivity index (χ4v) is 3.56. The Bertz CT molecular complexity index is 875. The van der Waals surface area contributed by atoms with Gasteiger partial charge < -0.3 is 9.47 Å². The van der Waals surface area contributed by atoms with Crippen LogP contribution < -0.4 is 4.90 Å². The van der Waals surface area contributed by atoms with Crippen LogP contribution in [0.25, 0.3) is 11.4 Å². The summed E-state index contributed by atoms with van der Waals surface area (Å²) < 4.78 is 2.14. The molecule has 7 nitrogen and oxygen atoms in total. The lowest BCUT2D eigenvalue weighted by molar-refractivity contribution is 0.471. The van der Waals surface area contributed by atoms with Gasteiger partial charge >= 0.3 is 0 Å². The minimum atomic E-state index is 0.378. The number of aryl methyl sites for hydroxylation is 2. The van der Waals surface area contributed by atoms with E-state index in [2.05, 4.69) is 42.6 Å². The molecule has 134 valence electrons. The first-order valence-electron chi connectivity index (χ1n) is 9.13. The summed E-state index contributed by atoms with van der Waals surface area (Å²) in [6, 6.07) is 5.97. The van der Waals surface area contributed by atoms with Crippen molar-refractivity contribution in [3.8, 4) is 11.4 Å². The molecule has 0 bridgehead atoms. The topological polar surface area (TPSA) is 72.6 Å². The summed E-state index contributed by atoms with van der Waals surface area (Å²) in [6.07, 6.45) is 7.64. The van der Waals surface area contributed by atoms with E-state index in [1.807, 2.05) is 25.4 Å². The molecule has 0 radical (unpaired) electrons. The molecule has 1 unspecified atom stereocenters. The Morgan fingerprint density at radius 3 is 3.00 bits per heavy atom. The molecule has 1 saturated heterocycles. The van der Waals surface area contributed by atoms with Gasteiger partial charge in [-0.3, -0.25) is 4.98 Å². The van der Waals surface area contributed by atoms with Gasteiger partial charge in [0.1, 0.15) is 18.0 Å². The van der Waals surface area contributed by atoms with Crippen molar-refractivity contribution >= 4 is 5.82 Å². The average Bonchev–Trinajstić information content (AvgIpc) is 3.17. The van der Waals surface area contributed by atoms with Crippen LogP contribution in [0.4, 0.5) is 5.82 Å². The molecule has 4 heterocycles. The fraction of sp³-hybridized carbons (Fsp3) is 0.421. The van der Waals surface area contributed by atoms with E-state index in [0.29, 0.717) is 5.92 Å². The lowest BCUT2D eigenvalue weighted by Gasteiger charge is -2.33. The average molecular weight is 349 g/mol. The molecule has 0 spiro atoms. The third-order valence-electron chi connectivity index (χ3n) is 4.86. The number of piperidine rings is 1. The summed E-state index contributed by atoms with van der Waals surface area (Å²) in [6.45, 7) is 6.94. The first-order valence-corrected chi connectivity index (χ1v) is 9.13. The lowest BCUT2D eigenvalue weighted by Crippen LogP contribution is -2.36. The molecular weight excluding hydrogens is 326 g/mol. The van der Waals surface area contributed by atoms with Gasteiger partial charge in [0.05, 0.1) is 0 Å². The van der Waals surface area contributed by atoms with E-state index >= 15 is 0 Å². The summed E-state index contributed by atoms with van der Waals surface area (Å²) >= 11 is 0. The summed E-state index contributed by atoms with van der Waals surface area (Å²) in [4.78, 5) is 15.9. The van der Waals surface area contributed by atoms with Crippen molar-refractivity contribution in [2.24, 2.45) is 0 Å². The Labute approximate surface area is 153 Å². The number of aromatic nitrogens is 6. The third kappa shape index (κ3) is 3.29. The van der Waals surface area contributed by atoms with Crippen LogP contribution in [0, 0.1) is 6.92 Å². The normalized spacial score (nSPS) is 17.5. The highest BCUT2D eigenvalue weighted by atomic mass is 15.3. The van der Waals surface area contributed by atoms with Gasteiger partial charge in [0.2, 0.25) is 0 Å². The molecule has 0 saturated carbocycles. The van der Waals surface area contributed by atoms with Crippen LogP contribution in [0.1, 0.15) is 37.2 Å².